The number of thiophene rings is 1. The Labute approximate surface area is 122 Å². The summed E-state index contributed by atoms with van der Waals surface area (Å²) in [5, 5.41) is 0. The van der Waals surface area contributed by atoms with Gasteiger partial charge in [-0.05, 0) is 30.3 Å². The van der Waals surface area contributed by atoms with Crippen molar-refractivity contribution in [3.8, 4) is 0 Å². The minimum atomic E-state index is -3.78. The molecule has 0 radical (unpaired) electrons. The van der Waals surface area contributed by atoms with Gasteiger partial charge in [0.05, 0.1) is 5.69 Å². The van der Waals surface area contributed by atoms with E-state index in [0.29, 0.717) is 4.47 Å². The highest BCUT2D eigenvalue weighted by atomic mass is 79.9. The number of benzene rings is 1. The van der Waals surface area contributed by atoms with E-state index in [1.807, 2.05) is 0 Å². The van der Waals surface area contributed by atoms with Crippen molar-refractivity contribution in [2.45, 2.75) is 10.8 Å². The topological polar surface area (TPSA) is 72.2 Å². The predicted octanol–water partition coefficient (Wildman–Crippen LogP) is 2.91. The molecular weight excluding hydrogens is 355 g/mol. The van der Waals surface area contributed by atoms with Crippen LogP contribution < -0.4 is 10.5 Å². The van der Waals surface area contributed by atoms with Gasteiger partial charge >= 0.3 is 0 Å². The van der Waals surface area contributed by atoms with E-state index in [0.717, 1.165) is 16.2 Å². The average molecular weight is 365 g/mol. The SMILES string of the molecule is NCc1ccc(S(=O)(=O)Nc2ccc(Br)cc2F)s1. The highest BCUT2D eigenvalue weighted by molar-refractivity contribution is 9.10. The van der Waals surface area contributed by atoms with E-state index in [4.69, 9.17) is 5.73 Å². The highest BCUT2D eigenvalue weighted by Crippen LogP contribution is 2.26. The molecule has 0 fully saturated rings. The number of hydrogen-bond donors (Lipinski definition) is 2. The van der Waals surface area contributed by atoms with E-state index >= 15 is 0 Å². The summed E-state index contributed by atoms with van der Waals surface area (Å²) in [6.45, 7) is 0.271. The summed E-state index contributed by atoms with van der Waals surface area (Å²) in [6.07, 6.45) is 0. The molecule has 4 nitrogen and oxygen atoms in total. The van der Waals surface area contributed by atoms with Gasteiger partial charge in [-0.3, -0.25) is 4.72 Å². The van der Waals surface area contributed by atoms with Crippen LogP contribution in [0.5, 0.6) is 0 Å². The fraction of sp³-hybridized carbons (Fsp3) is 0.0909. The summed E-state index contributed by atoms with van der Waals surface area (Å²) in [4.78, 5) is 0.747. The molecule has 1 aromatic carbocycles. The van der Waals surface area contributed by atoms with Crippen molar-refractivity contribution < 1.29 is 12.8 Å². The van der Waals surface area contributed by atoms with Crippen LogP contribution in [0.4, 0.5) is 10.1 Å². The Bertz CT molecular complexity index is 700. The van der Waals surface area contributed by atoms with Gasteiger partial charge < -0.3 is 5.73 Å². The van der Waals surface area contributed by atoms with E-state index in [9.17, 15) is 12.8 Å². The molecule has 1 heterocycles. The molecule has 2 rings (SSSR count). The molecule has 0 saturated carbocycles. The molecule has 3 N–H and O–H groups in total. The number of halogens is 2. The molecule has 0 saturated heterocycles. The van der Waals surface area contributed by atoms with Gasteiger partial charge in [0.2, 0.25) is 0 Å². The molecule has 0 unspecified atom stereocenters. The second-order valence-electron chi connectivity index (χ2n) is 3.65. The maximum Gasteiger partial charge on any atom is 0.271 e. The lowest BCUT2D eigenvalue weighted by atomic mass is 10.3. The fourth-order valence-electron chi connectivity index (χ4n) is 1.38. The number of rotatable bonds is 4. The lowest BCUT2D eigenvalue weighted by Crippen LogP contribution is -2.12. The number of hydrogen-bond acceptors (Lipinski definition) is 4. The minimum Gasteiger partial charge on any atom is -0.326 e. The van der Waals surface area contributed by atoms with Crippen molar-refractivity contribution in [3.63, 3.8) is 0 Å². The maximum atomic E-state index is 13.6. The molecule has 102 valence electrons. The Kier molecular flexibility index (Phi) is 4.24. The van der Waals surface area contributed by atoms with Crippen LogP contribution in [0.25, 0.3) is 0 Å². The zero-order valence-corrected chi connectivity index (χ0v) is 12.8. The molecule has 0 aliphatic heterocycles. The van der Waals surface area contributed by atoms with Crippen molar-refractivity contribution in [3.05, 3.63) is 45.5 Å². The van der Waals surface area contributed by atoms with Crippen LogP contribution in [0.15, 0.2) is 39.0 Å². The van der Waals surface area contributed by atoms with Crippen molar-refractivity contribution in [1.82, 2.24) is 0 Å². The van der Waals surface area contributed by atoms with E-state index in [-0.39, 0.29) is 16.4 Å². The van der Waals surface area contributed by atoms with Crippen LogP contribution in [-0.4, -0.2) is 8.42 Å². The van der Waals surface area contributed by atoms with Crippen LogP contribution in [0.1, 0.15) is 4.88 Å². The zero-order chi connectivity index (χ0) is 14.0. The molecule has 19 heavy (non-hydrogen) atoms. The van der Waals surface area contributed by atoms with E-state index in [1.165, 1.54) is 18.2 Å². The van der Waals surface area contributed by atoms with Gasteiger partial charge in [0.25, 0.3) is 10.0 Å². The van der Waals surface area contributed by atoms with E-state index < -0.39 is 15.8 Å². The molecule has 8 heteroatoms. The Hall–Kier alpha value is -0.960. The smallest absolute Gasteiger partial charge is 0.271 e. The van der Waals surface area contributed by atoms with Crippen LogP contribution in [0.3, 0.4) is 0 Å². The fourth-order valence-corrected chi connectivity index (χ4v) is 4.01. The second-order valence-corrected chi connectivity index (χ2v) is 7.65. The summed E-state index contributed by atoms with van der Waals surface area (Å²) in [7, 11) is -3.78. The van der Waals surface area contributed by atoms with Crippen LogP contribution in [0.2, 0.25) is 0 Å². The van der Waals surface area contributed by atoms with Gasteiger partial charge in [0, 0.05) is 15.9 Å². The quantitative estimate of drug-likeness (QED) is 0.875. The van der Waals surface area contributed by atoms with Crippen molar-refractivity contribution in [1.29, 1.82) is 0 Å². The normalized spacial score (nSPS) is 11.5. The first-order chi connectivity index (χ1) is 8.92. The maximum absolute atomic E-state index is 13.6. The zero-order valence-electron chi connectivity index (χ0n) is 9.56. The molecule has 0 aliphatic carbocycles. The van der Waals surface area contributed by atoms with Crippen LogP contribution >= 0.6 is 27.3 Å². The molecule has 1 aromatic heterocycles. The van der Waals surface area contributed by atoms with Gasteiger partial charge in [-0.25, -0.2) is 12.8 Å². The lowest BCUT2D eigenvalue weighted by Gasteiger charge is -2.07. The largest absolute Gasteiger partial charge is 0.326 e. The standard InChI is InChI=1S/C11H10BrFN2O2S2/c12-7-1-3-10(9(13)5-7)15-19(16,17)11-4-2-8(6-14)18-11/h1-5,15H,6,14H2. The van der Waals surface area contributed by atoms with E-state index in [2.05, 4.69) is 20.7 Å². The monoisotopic (exact) mass is 364 g/mol. The summed E-state index contributed by atoms with van der Waals surface area (Å²) in [5.41, 5.74) is 5.34. The van der Waals surface area contributed by atoms with Gasteiger partial charge in [-0.2, -0.15) is 0 Å². The average Bonchev–Trinajstić information content (AvgIpc) is 2.82. The number of anilines is 1. The van der Waals surface area contributed by atoms with Crippen LogP contribution in [0, 0.1) is 5.82 Å². The Morgan fingerprint density at radius 3 is 2.63 bits per heavy atom. The number of nitrogens with two attached hydrogens (primary N) is 1. The summed E-state index contributed by atoms with van der Waals surface area (Å²) in [6, 6.07) is 7.19. The summed E-state index contributed by atoms with van der Waals surface area (Å²) >= 11 is 4.17. The van der Waals surface area contributed by atoms with Gasteiger partial charge in [0.1, 0.15) is 10.0 Å². The first-order valence-corrected chi connectivity index (χ1v) is 8.28. The third-order valence-corrected chi connectivity index (χ3v) is 5.74. The first-order valence-electron chi connectivity index (χ1n) is 5.19. The molecule has 0 spiro atoms. The third-order valence-electron chi connectivity index (χ3n) is 2.28. The molecule has 2 aromatic rings. The third kappa shape index (κ3) is 3.33. The number of nitrogens with one attached hydrogen (secondary N) is 1. The van der Waals surface area contributed by atoms with E-state index in [1.54, 1.807) is 12.1 Å². The van der Waals surface area contributed by atoms with Gasteiger partial charge in [-0.1, -0.05) is 15.9 Å². The first kappa shape index (κ1) is 14.4. The molecular formula is C11H10BrFN2O2S2. The number of sulfonamides is 1. The molecule has 0 aliphatic rings. The van der Waals surface area contributed by atoms with Crippen molar-refractivity contribution >= 4 is 43.0 Å². The van der Waals surface area contributed by atoms with Gasteiger partial charge in [-0.15, -0.1) is 11.3 Å². The molecule has 0 amide bonds. The molecule has 0 atom stereocenters. The Morgan fingerprint density at radius 1 is 1.32 bits per heavy atom. The van der Waals surface area contributed by atoms with Crippen LogP contribution in [-0.2, 0) is 16.6 Å². The summed E-state index contributed by atoms with van der Waals surface area (Å²) in [5.74, 6) is -0.645. The Balaban J connectivity index is 2.30. The predicted molar refractivity (Wildman–Crippen MR) is 77.1 cm³/mol. The second kappa shape index (κ2) is 5.58. The highest BCUT2D eigenvalue weighted by Gasteiger charge is 2.18. The van der Waals surface area contributed by atoms with Crippen molar-refractivity contribution in [2.24, 2.45) is 5.73 Å². The Morgan fingerprint density at radius 2 is 2.05 bits per heavy atom. The summed E-state index contributed by atoms with van der Waals surface area (Å²) < 4.78 is 40.5. The van der Waals surface area contributed by atoms with Crippen molar-refractivity contribution in [2.75, 3.05) is 4.72 Å². The minimum absolute atomic E-state index is 0.0918. The molecule has 0 bridgehead atoms. The van der Waals surface area contributed by atoms with Gasteiger partial charge in [0.15, 0.2) is 0 Å². The lowest BCUT2D eigenvalue weighted by molar-refractivity contribution is 0.600.